The maximum absolute atomic E-state index is 13.2. The summed E-state index contributed by atoms with van der Waals surface area (Å²) in [6, 6.07) is 11.4. The van der Waals surface area contributed by atoms with Gasteiger partial charge in [-0.05, 0) is 35.3 Å². The lowest BCUT2D eigenvalue weighted by atomic mass is 10.1. The summed E-state index contributed by atoms with van der Waals surface area (Å²) < 4.78 is 52.8. The number of allylic oxidation sites excluding steroid dienone is 1. The number of pyridine rings is 1. The van der Waals surface area contributed by atoms with Gasteiger partial charge in [0.1, 0.15) is 6.26 Å². The lowest BCUT2D eigenvalue weighted by Crippen LogP contribution is -2.20. The summed E-state index contributed by atoms with van der Waals surface area (Å²) in [7, 11) is 0. The molecule has 30 heavy (non-hydrogen) atoms. The molecule has 5 nitrogen and oxygen atoms in total. The molecule has 0 saturated heterocycles. The van der Waals surface area contributed by atoms with Gasteiger partial charge in [-0.2, -0.15) is 23.1 Å². The highest BCUT2D eigenvalue weighted by Crippen LogP contribution is 2.31. The van der Waals surface area contributed by atoms with Gasteiger partial charge in [-0.15, -0.1) is 0 Å². The molecule has 0 spiro atoms. The van der Waals surface area contributed by atoms with E-state index >= 15 is 0 Å². The first-order chi connectivity index (χ1) is 14.2. The van der Waals surface area contributed by atoms with E-state index in [1.54, 1.807) is 0 Å². The monoisotopic (exact) mass is 431 g/mol. The summed E-state index contributed by atoms with van der Waals surface area (Å²) in [6.07, 6.45) is 0.693. The van der Waals surface area contributed by atoms with Gasteiger partial charge in [0, 0.05) is 35.5 Å². The van der Waals surface area contributed by atoms with Crippen LogP contribution in [0.5, 0.6) is 0 Å². The predicted octanol–water partition coefficient (Wildman–Crippen LogP) is 3.70. The predicted molar refractivity (Wildman–Crippen MR) is 107 cm³/mol. The first-order valence-electron chi connectivity index (χ1n) is 8.98. The Morgan fingerprint density at radius 1 is 1.17 bits per heavy atom. The minimum atomic E-state index is -4.71. The fourth-order valence-electron chi connectivity index (χ4n) is 3.33. The number of fused-ring (bicyclic) bond motifs is 1. The topological polar surface area (TPSA) is 70.8 Å². The summed E-state index contributed by atoms with van der Waals surface area (Å²) in [5.74, 6) is 0. The van der Waals surface area contributed by atoms with Crippen LogP contribution in [0, 0.1) is 0 Å². The minimum Gasteiger partial charge on any atom is -0.609 e. The lowest BCUT2D eigenvalue weighted by molar-refractivity contribution is -0.141. The van der Waals surface area contributed by atoms with E-state index in [0.29, 0.717) is 18.5 Å². The molecule has 3 aromatic rings. The van der Waals surface area contributed by atoms with E-state index in [0.717, 1.165) is 22.8 Å². The van der Waals surface area contributed by atoms with Crippen molar-refractivity contribution in [1.29, 1.82) is 0 Å². The molecule has 0 aliphatic heterocycles. The van der Waals surface area contributed by atoms with Crippen LogP contribution in [0.1, 0.15) is 16.8 Å². The first kappa shape index (κ1) is 20.4. The van der Waals surface area contributed by atoms with E-state index in [1.165, 1.54) is 29.2 Å². The summed E-state index contributed by atoms with van der Waals surface area (Å²) >= 11 is -1.79. The molecular weight excluding hydrogens is 415 g/mol. The van der Waals surface area contributed by atoms with Gasteiger partial charge < -0.3 is 9.12 Å². The van der Waals surface area contributed by atoms with Gasteiger partial charge in [0.15, 0.2) is 5.69 Å². The zero-order chi connectivity index (χ0) is 21.5. The Bertz CT molecular complexity index is 1200. The van der Waals surface area contributed by atoms with E-state index in [1.807, 2.05) is 30.3 Å². The van der Waals surface area contributed by atoms with Gasteiger partial charge in [-0.1, -0.05) is 30.3 Å². The third kappa shape index (κ3) is 4.17. The fourth-order valence-corrected chi connectivity index (χ4v) is 3.78. The molecular formula is C21H16F3N3O2S. The standard InChI is InChI=1S/C21H16F3N3O2S/c1-30(29)20-25-17(10-18(26-20)21(22,23)24)16-6-7-19(28)27(12-16)11-13-8-14-4-2-3-5-15(14)9-13/h2-8,10,12H,9,11H2,1H3. The molecule has 1 aliphatic carbocycles. The smallest absolute Gasteiger partial charge is 0.433 e. The molecule has 0 bridgehead atoms. The van der Waals surface area contributed by atoms with Crippen molar-refractivity contribution < 1.29 is 17.7 Å². The number of rotatable bonds is 4. The van der Waals surface area contributed by atoms with Crippen molar-refractivity contribution in [3.63, 3.8) is 0 Å². The molecule has 0 N–H and O–H groups in total. The third-order valence-electron chi connectivity index (χ3n) is 4.74. The van der Waals surface area contributed by atoms with E-state index in [9.17, 15) is 22.5 Å². The Morgan fingerprint density at radius 2 is 1.93 bits per heavy atom. The van der Waals surface area contributed by atoms with Gasteiger partial charge in [-0.25, -0.2) is 0 Å². The van der Waals surface area contributed by atoms with Crippen LogP contribution in [0.4, 0.5) is 13.2 Å². The molecule has 1 aromatic carbocycles. The zero-order valence-electron chi connectivity index (χ0n) is 15.8. The van der Waals surface area contributed by atoms with E-state index in [2.05, 4.69) is 9.97 Å². The SMILES string of the molecule is C[S+]([O-])c1nc(-c2ccc(=O)n(CC3=Cc4ccccc4C3)c2)cc(C(F)(F)F)n1. The van der Waals surface area contributed by atoms with Crippen LogP contribution in [0.3, 0.4) is 0 Å². The molecule has 154 valence electrons. The normalized spacial score (nSPS) is 14.4. The molecule has 1 aliphatic rings. The number of benzene rings is 1. The van der Waals surface area contributed by atoms with Gasteiger partial charge in [0.2, 0.25) is 0 Å². The summed E-state index contributed by atoms with van der Waals surface area (Å²) in [5.41, 5.74) is 2.09. The second-order valence-electron chi connectivity index (χ2n) is 6.93. The van der Waals surface area contributed by atoms with Crippen molar-refractivity contribution in [2.45, 2.75) is 24.3 Å². The van der Waals surface area contributed by atoms with Crippen molar-refractivity contribution >= 4 is 17.3 Å². The van der Waals surface area contributed by atoms with Crippen molar-refractivity contribution in [3.05, 3.63) is 81.4 Å². The summed E-state index contributed by atoms with van der Waals surface area (Å²) in [6.45, 7) is 0.311. The molecule has 2 heterocycles. The minimum absolute atomic E-state index is 0.0417. The van der Waals surface area contributed by atoms with Gasteiger partial charge >= 0.3 is 11.3 Å². The van der Waals surface area contributed by atoms with Gasteiger partial charge in [0.05, 0.1) is 5.69 Å². The Balaban J connectivity index is 1.70. The molecule has 1 atom stereocenters. The van der Waals surface area contributed by atoms with E-state index in [4.69, 9.17) is 0 Å². The second kappa shape index (κ2) is 7.73. The highest BCUT2D eigenvalue weighted by Gasteiger charge is 2.35. The second-order valence-corrected chi connectivity index (χ2v) is 8.21. The Hall–Kier alpha value is -2.91. The number of alkyl halides is 3. The average molecular weight is 431 g/mol. The molecule has 4 rings (SSSR count). The average Bonchev–Trinajstić information content (AvgIpc) is 3.11. The molecule has 1 unspecified atom stereocenters. The maximum Gasteiger partial charge on any atom is 0.433 e. The van der Waals surface area contributed by atoms with Crippen LogP contribution in [0.15, 0.2) is 64.2 Å². The number of halogens is 3. The molecule has 0 fully saturated rings. The van der Waals surface area contributed by atoms with E-state index in [-0.39, 0.29) is 11.3 Å². The molecule has 2 aromatic heterocycles. The van der Waals surface area contributed by atoms with E-state index < -0.39 is 28.2 Å². The van der Waals surface area contributed by atoms with Crippen LogP contribution in [-0.4, -0.2) is 25.3 Å². The Kier molecular flexibility index (Phi) is 5.25. The van der Waals surface area contributed by atoms with Crippen molar-refractivity contribution in [1.82, 2.24) is 14.5 Å². The Labute approximate surface area is 173 Å². The van der Waals surface area contributed by atoms with Gasteiger partial charge in [0.25, 0.3) is 5.56 Å². The van der Waals surface area contributed by atoms with Crippen LogP contribution in [0.2, 0.25) is 0 Å². The van der Waals surface area contributed by atoms with Crippen LogP contribution in [-0.2, 0) is 30.3 Å². The first-order valence-corrected chi connectivity index (χ1v) is 10.5. The fraction of sp³-hybridized carbons (Fsp3) is 0.190. The number of hydrogen-bond acceptors (Lipinski definition) is 4. The van der Waals surface area contributed by atoms with Crippen molar-refractivity contribution in [2.24, 2.45) is 0 Å². The zero-order valence-corrected chi connectivity index (χ0v) is 16.6. The number of hydrogen-bond donors (Lipinski definition) is 0. The third-order valence-corrected chi connectivity index (χ3v) is 5.43. The highest BCUT2D eigenvalue weighted by atomic mass is 32.2. The van der Waals surface area contributed by atoms with Crippen LogP contribution in [0.25, 0.3) is 17.3 Å². The number of aromatic nitrogens is 3. The largest absolute Gasteiger partial charge is 0.609 e. The van der Waals surface area contributed by atoms with Crippen molar-refractivity contribution in [3.8, 4) is 11.3 Å². The molecule has 0 radical (unpaired) electrons. The summed E-state index contributed by atoms with van der Waals surface area (Å²) in [4.78, 5) is 19.7. The molecule has 9 heteroatoms. The number of nitrogens with zero attached hydrogens (tertiary/aromatic N) is 3. The molecule has 0 amide bonds. The van der Waals surface area contributed by atoms with Crippen molar-refractivity contribution in [2.75, 3.05) is 6.26 Å². The van der Waals surface area contributed by atoms with Crippen LogP contribution < -0.4 is 5.56 Å². The lowest BCUT2D eigenvalue weighted by Gasteiger charge is -2.12. The summed E-state index contributed by atoms with van der Waals surface area (Å²) in [5, 5.41) is -0.411. The van der Waals surface area contributed by atoms with Gasteiger partial charge in [-0.3, -0.25) is 4.79 Å². The Morgan fingerprint density at radius 3 is 2.63 bits per heavy atom. The quantitative estimate of drug-likeness (QED) is 0.467. The highest BCUT2D eigenvalue weighted by molar-refractivity contribution is 7.90. The molecule has 0 saturated carbocycles. The van der Waals surface area contributed by atoms with Crippen LogP contribution >= 0.6 is 0 Å². The maximum atomic E-state index is 13.2.